The molecule has 0 aromatic heterocycles. The predicted molar refractivity (Wildman–Crippen MR) is 74.3 cm³/mol. The summed E-state index contributed by atoms with van der Waals surface area (Å²) < 4.78 is 44.5. The fraction of sp³-hybridized carbons (Fsp3) is 0.600. The van der Waals surface area contributed by atoms with Crippen molar-refractivity contribution in [2.24, 2.45) is 0 Å². The fourth-order valence-electron chi connectivity index (χ4n) is 3.12. The van der Waals surface area contributed by atoms with Crippen LogP contribution in [-0.4, -0.2) is 43.3 Å². The van der Waals surface area contributed by atoms with Gasteiger partial charge in [0.25, 0.3) is 0 Å². The predicted octanol–water partition coefficient (Wildman–Crippen LogP) is 2.98. The van der Waals surface area contributed by atoms with Crippen molar-refractivity contribution in [3.63, 3.8) is 0 Å². The Kier molecular flexibility index (Phi) is 4.08. The Morgan fingerprint density at radius 3 is 2.90 bits per heavy atom. The number of para-hydroxylation sites is 1. The molecule has 3 rings (SSSR count). The SMILES string of the molecule is FC(F)(F)c1ccccc1NCC1CN2CCCC2CO1. The summed E-state index contributed by atoms with van der Waals surface area (Å²) in [5, 5.41) is 2.90. The first kappa shape index (κ1) is 14.7. The molecule has 0 radical (unpaired) electrons. The summed E-state index contributed by atoms with van der Waals surface area (Å²) in [6, 6.07) is 6.07. The summed E-state index contributed by atoms with van der Waals surface area (Å²) in [4.78, 5) is 2.38. The van der Waals surface area contributed by atoms with Gasteiger partial charge in [0.15, 0.2) is 0 Å². The van der Waals surface area contributed by atoms with Gasteiger partial charge in [-0.1, -0.05) is 12.1 Å². The van der Waals surface area contributed by atoms with Crippen LogP contribution in [0.25, 0.3) is 0 Å². The molecule has 21 heavy (non-hydrogen) atoms. The number of benzene rings is 1. The smallest absolute Gasteiger partial charge is 0.382 e. The molecule has 0 spiro atoms. The molecule has 116 valence electrons. The molecule has 2 unspecified atom stereocenters. The first-order chi connectivity index (χ1) is 10.0. The van der Waals surface area contributed by atoms with Crippen molar-refractivity contribution in [3.05, 3.63) is 29.8 Å². The number of halogens is 3. The van der Waals surface area contributed by atoms with Crippen LogP contribution in [0.2, 0.25) is 0 Å². The Balaban J connectivity index is 1.61. The van der Waals surface area contributed by atoms with Gasteiger partial charge in [0, 0.05) is 24.8 Å². The molecule has 0 saturated carbocycles. The number of nitrogens with zero attached hydrogens (tertiary/aromatic N) is 1. The lowest BCUT2D eigenvalue weighted by Gasteiger charge is -2.35. The van der Waals surface area contributed by atoms with Gasteiger partial charge in [-0.15, -0.1) is 0 Å². The van der Waals surface area contributed by atoms with Gasteiger partial charge in [0.2, 0.25) is 0 Å². The van der Waals surface area contributed by atoms with Gasteiger partial charge in [-0.3, -0.25) is 4.90 Å². The molecule has 0 amide bonds. The van der Waals surface area contributed by atoms with Crippen LogP contribution in [0.3, 0.4) is 0 Å². The zero-order valence-corrected chi connectivity index (χ0v) is 11.7. The third-order valence-corrected chi connectivity index (χ3v) is 4.21. The molecule has 1 N–H and O–H groups in total. The van der Waals surface area contributed by atoms with Crippen molar-refractivity contribution >= 4 is 5.69 Å². The number of alkyl halides is 3. The molecule has 2 saturated heterocycles. The average Bonchev–Trinajstić information content (AvgIpc) is 2.92. The summed E-state index contributed by atoms with van der Waals surface area (Å²) in [5.74, 6) is 0. The molecular formula is C15H19F3N2O. The minimum absolute atomic E-state index is 0.0550. The Morgan fingerprint density at radius 1 is 1.29 bits per heavy atom. The molecule has 2 fully saturated rings. The number of hydrogen-bond acceptors (Lipinski definition) is 3. The van der Waals surface area contributed by atoms with E-state index in [0.717, 1.165) is 25.6 Å². The highest BCUT2D eigenvalue weighted by atomic mass is 19.4. The molecule has 6 heteroatoms. The van der Waals surface area contributed by atoms with Crippen LogP contribution in [0.15, 0.2) is 24.3 Å². The van der Waals surface area contributed by atoms with Crippen molar-refractivity contribution < 1.29 is 17.9 Å². The second-order valence-electron chi connectivity index (χ2n) is 5.67. The second kappa shape index (κ2) is 5.85. The highest BCUT2D eigenvalue weighted by Gasteiger charge is 2.34. The third kappa shape index (κ3) is 3.32. The molecule has 2 aliphatic rings. The molecule has 2 heterocycles. The van der Waals surface area contributed by atoms with E-state index in [4.69, 9.17) is 4.74 Å². The topological polar surface area (TPSA) is 24.5 Å². The summed E-state index contributed by atoms with van der Waals surface area (Å²) in [6.07, 6.45) is -2.04. The lowest BCUT2D eigenvalue weighted by molar-refractivity contribution is -0.137. The van der Waals surface area contributed by atoms with E-state index >= 15 is 0 Å². The van der Waals surface area contributed by atoms with E-state index in [1.165, 1.54) is 18.6 Å². The van der Waals surface area contributed by atoms with Gasteiger partial charge in [0.1, 0.15) is 0 Å². The van der Waals surface area contributed by atoms with Gasteiger partial charge >= 0.3 is 6.18 Å². The Bertz CT molecular complexity index is 492. The normalized spacial score (nSPS) is 26.6. The number of hydrogen-bond donors (Lipinski definition) is 1. The fourth-order valence-corrected chi connectivity index (χ4v) is 3.12. The number of anilines is 1. The largest absolute Gasteiger partial charge is 0.418 e. The maximum Gasteiger partial charge on any atom is 0.418 e. The van der Waals surface area contributed by atoms with Crippen molar-refractivity contribution in [2.75, 3.05) is 31.6 Å². The van der Waals surface area contributed by atoms with Crippen LogP contribution in [0, 0.1) is 0 Å². The van der Waals surface area contributed by atoms with E-state index in [1.807, 2.05) is 0 Å². The first-order valence-electron chi connectivity index (χ1n) is 7.30. The maximum absolute atomic E-state index is 12.9. The Labute approximate surface area is 122 Å². The van der Waals surface area contributed by atoms with E-state index < -0.39 is 11.7 Å². The monoisotopic (exact) mass is 300 g/mol. The van der Waals surface area contributed by atoms with Gasteiger partial charge in [-0.25, -0.2) is 0 Å². The summed E-state index contributed by atoms with van der Waals surface area (Å²) in [7, 11) is 0. The molecule has 1 aromatic rings. The third-order valence-electron chi connectivity index (χ3n) is 4.21. The van der Waals surface area contributed by atoms with Crippen LogP contribution in [0.4, 0.5) is 18.9 Å². The second-order valence-corrected chi connectivity index (χ2v) is 5.67. The average molecular weight is 300 g/mol. The van der Waals surface area contributed by atoms with E-state index in [1.54, 1.807) is 6.07 Å². The molecule has 2 aliphatic heterocycles. The number of ether oxygens (including phenoxy) is 1. The highest BCUT2D eigenvalue weighted by molar-refractivity contribution is 5.52. The number of fused-ring (bicyclic) bond motifs is 1. The zero-order chi connectivity index (χ0) is 14.9. The van der Waals surface area contributed by atoms with Gasteiger partial charge in [-0.2, -0.15) is 13.2 Å². The molecular weight excluding hydrogens is 281 g/mol. The van der Waals surface area contributed by atoms with Gasteiger partial charge < -0.3 is 10.1 Å². The Morgan fingerprint density at radius 2 is 2.10 bits per heavy atom. The molecule has 2 atom stereocenters. The first-order valence-corrected chi connectivity index (χ1v) is 7.30. The van der Waals surface area contributed by atoms with Crippen molar-refractivity contribution in [1.29, 1.82) is 0 Å². The standard InChI is InChI=1S/C15H19F3N2O/c16-15(17,18)13-5-1-2-6-14(13)19-8-12-9-20-7-3-4-11(20)10-21-12/h1-2,5-6,11-12,19H,3-4,7-10H2. The minimum Gasteiger partial charge on any atom is -0.382 e. The maximum atomic E-state index is 12.9. The van der Waals surface area contributed by atoms with Crippen LogP contribution >= 0.6 is 0 Å². The van der Waals surface area contributed by atoms with Gasteiger partial charge in [-0.05, 0) is 31.5 Å². The van der Waals surface area contributed by atoms with E-state index in [9.17, 15) is 13.2 Å². The zero-order valence-electron chi connectivity index (χ0n) is 11.7. The number of morpholine rings is 1. The molecule has 1 aromatic carbocycles. The summed E-state index contributed by atoms with van der Waals surface area (Å²) >= 11 is 0. The number of rotatable bonds is 3. The highest BCUT2D eigenvalue weighted by Crippen LogP contribution is 2.34. The summed E-state index contributed by atoms with van der Waals surface area (Å²) in [5.41, 5.74) is -0.503. The number of nitrogens with one attached hydrogen (secondary N) is 1. The molecule has 0 aliphatic carbocycles. The van der Waals surface area contributed by atoms with E-state index in [2.05, 4.69) is 10.2 Å². The molecule has 0 bridgehead atoms. The molecule has 3 nitrogen and oxygen atoms in total. The van der Waals surface area contributed by atoms with Crippen molar-refractivity contribution in [3.8, 4) is 0 Å². The van der Waals surface area contributed by atoms with Crippen molar-refractivity contribution in [1.82, 2.24) is 4.90 Å². The van der Waals surface area contributed by atoms with Crippen LogP contribution in [0.5, 0.6) is 0 Å². The van der Waals surface area contributed by atoms with Gasteiger partial charge in [0.05, 0.1) is 18.3 Å². The van der Waals surface area contributed by atoms with E-state index in [-0.39, 0.29) is 11.8 Å². The van der Waals surface area contributed by atoms with Crippen LogP contribution in [0.1, 0.15) is 18.4 Å². The Hall–Kier alpha value is -1.27. The minimum atomic E-state index is -4.34. The van der Waals surface area contributed by atoms with Crippen LogP contribution in [-0.2, 0) is 10.9 Å². The van der Waals surface area contributed by atoms with E-state index in [0.29, 0.717) is 19.2 Å². The summed E-state index contributed by atoms with van der Waals surface area (Å²) in [6.45, 7) is 2.96. The van der Waals surface area contributed by atoms with Crippen LogP contribution < -0.4 is 5.32 Å². The van der Waals surface area contributed by atoms with Crippen molar-refractivity contribution in [2.45, 2.75) is 31.2 Å². The lowest BCUT2D eigenvalue weighted by Crippen LogP contribution is -2.48. The quantitative estimate of drug-likeness (QED) is 0.929. The lowest BCUT2D eigenvalue weighted by atomic mass is 10.1.